The van der Waals surface area contributed by atoms with E-state index in [0.29, 0.717) is 42.6 Å². The van der Waals surface area contributed by atoms with Crippen LogP contribution in [0.5, 0.6) is 0 Å². The Hall–Kier alpha value is -3.59. The number of urea groups is 1. The van der Waals surface area contributed by atoms with Crippen molar-refractivity contribution < 1.29 is 23.9 Å². The summed E-state index contributed by atoms with van der Waals surface area (Å²) in [6.45, 7) is 12.3. The molecule has 0 saturated carbocycles. The van der Waals surface area contributed by atoms with Gasteiger partial charge >= 0.3 is 18.0 Å². The number of hydrogen-bond acceptors (Lipinski definition) is 7. The van der Waals surface area contributed by atoms with Crippen LogP contribution in [-0.2, 0) is 25.5 Å². The number of anilines is 3. The molecule has 2 amide bonds. The van der Waals surface area contributed by atoms with E-state index in [2.05, 4.69) is 43.2 Å². The number of nitrogens with two attached hydrogens (primary N) is 1. The summed E-state index contributed by atoms with van der Waals surface area (Å²) in [5.74, 6) is -0.0666. The van der Waals surface area contributed by atoms with Gasteiger partial charge in [-0.05, 0) is 68.0 Å². The standard InChI is InChI=1S/C30H44N4O5/c1-21(2)18-34(19-22(3)4)27-14-10-24(11-15-29(36)39-20-38-28(35)7-6-16-31)17-26(27)33-30(37)32-25-12-8-23(5)9-13-25/h8-10,12-14,17,21-22H,6-7,11,15-16,18-20,31H2,1-5H3,(H2,32,33,37). The van der Waals surface area contributed by atoms with Crippen LogP contribution >= 0.6 is 0 Å². The Morgan fingerprint density at radius 2 is 1.49 bits per heavy atom. The molecule has 0 aromatic heterocycles. The molecule has 9 heteroatoms. The second kappa shape index (κ2) is 16.4. The Morgan fingerprint density at radius 1 is 0.872 bits per heavy atom. The van der Waals surface area contributed by atoms with Crippen LogP contribution in [0.1, 0.15) is 58.1 Å². The van der Waals surface area contributed by atoms with Gasteiger partial charge in [-0.15, -0.1) is 0 Å². The van der Waals surface area contributed by atoms with Crippen LogP contribution in [0.15, 0.2) is 42.5 Å². The molecule has 2 rings (SSSR count). The van der Waals surface area contributed by atoms with Crippen LogP contribution in [0.4, 0.5) is 21.9 Å². The Kier molecular flexibility index (Phi) is 13.3. The summed E-state index contributed by atoms with van der Waals surface area (Å²) in [5.41, 5.74) is 9.64. The Bertz CT molecular complexity index is 1060. The zero-order valence-electron chi connectivity index (χ0n) is 23.9. The Morgan fingerprint density at radius 3 is 2.08 bits per heavy atom. The van der Waals surface area contributed by atoms with Crippen molar-refractivity contribution in [1.29, 1.82) is 0 Å². The topological polar surface area (TPSA) is 123 Å². The molecule has 39 heavy (non-hydrogen) atoms. The molecule has 214 valence electrons. The van der Waals surface area contributed by atoms with Crippen molar-refractivity contribution in [1.82, 2.24) is 0 Å². The molecule has 2 aromatic carbocycles. The fraction of sp³-hybridized carbons (Fsp3) is 0.500. The number of amides is 2. The van der Waals surface area contributed by atoms with E-state index in [9.17, 15) is 14.4 Å². The van der Waals surface area contributed by atoms with Gasteiger partial charge in [-0.25, -0.2) is 4.79 Å². The van der Waals surface area contributed by atoms with E-state index in [4.69, 9.17) is 15.2 Å². The first kappa shape index (κ1) is 31.6. The fourth-order valence-electron chi connectivity index (χ4n) is 3.99. The second-order valence-corrected chi connectivity index (χ2v) is 10.5. The molecular weight excluding hydrogens is 496 g/mol. The molecular formula is C30H44N4O5. The van der Waals surface area contributed by atoms with Gasteiger partial charge in [-0.1, -0.05) is 51.5 Å². The molecule has 0 fully saturated rings. The summed E-state index contributed by atoms with van der Waals surface area (Å²) < 4.78 is 9.92. The number of nitrogens with one attached hydrogen (secondary N) is 2. The summed E-state index contributed by atoms with van der Waals surface area (Å²) in [4.78, 5) is 38.9. The maximum absolute atomic E-state index is 12.9. The lowest BCUT2D eigenvalue weighted by atomic mass is 10.1. The quantitative estimate of drug-likeness (QED) is 0.202. The molecule has 0 aliphatic heterocycles. The van der Waals surface area contributed by atoms with Gasteiger partial charge < -0.3 is 30.7 Å². The van der Waals surface area contributed by atoms with Gasteiger partial charge in [0.05, 0.1) is 11.4 Å². The number of hydrogen-bond donors (Lipinski definition) is 3. The highest BCUT2D eigenvalue weighted by molar-refractivity contribution is 6.02. The highest BCUT2D eigenvalue weighted by Crippen LogP contribution is 2.30. The summed E-state index contributed by atoms with van der Waals surface area (Å²) in [6, 6.07) is 13.1. The zero-order valence-corrected chi connectivity index (χ0v) is 23.9. The largest absolute Gasteiger partial charge is 0.428 e. The fourth-order valence-corrected chi connectivity index (χ4v) is 3.99. The van der Waals surface area contributed by atoms with E-state index >= 15 is 0 Å². The first-order valence-electron chi connectivity index (χ1n) is 13.6. The van der Waals surface area contributed by atoms with Crippen molar-refractivity contribution in [2.24, 2.45) is 17.6 Å². The molecule has 0 unspecified atom stereocenters. The lowest BCUT2D eigenvalue weighted by Gasteiger charge is -2.30. The lowest BCUT2D eigenvalue weighted by molar-refractivity contribution is -0.167. The number of aryl methyl sites for hydroxylation is 2. The molecule has 0 saturated heterocycles. The maximum atomic E-state index is 12.9. The third kappa shape index (κ3) is 12.2. The summed E-state index contributed by atoms with van der Waals surface area (Å²) in [5, 5.41) is 5.91. The van der Waals surface area contributed by atoms with Crippen molar-refractivity contribution in [2.45, 2.75) is 60.3 Å². The first-order chi connectivity index (χ1) is 18.6. The molecule has 4 N–H and O–H groups in total. The number of carbonyl (C=O) groups is 3. The number of esters is 2. The number of benzene rings is 2. The van der Waals surface area contributed by atoms with Gasteiger partial charge in [0.25, 0.3) is 0 Å². The SMILES string of the molecule is Cc1ccc(NC(=O)Nc2cc(CCC(=O)OCOC(=O)CCCN)ccc2N(CC(C)C)CC(C)C)cc1. The Labute approximate surface area is 232 Å². The smallest absolute Gasteiger partial charge is 0.323 e. The highest BCUT2D eigenvalue weighted by Gasteiger charge is 2.17. The van der Waals surface area contributed by atoms with E-state index in [1.807, 2.05) is 49.4 Å². The highest BCUT2D eigenvalue weighted by atomic mass is 16.7. The van der Waals surface area contributed by atoms with E-state index in [1.54, 1.807) is 0 Å². The van der Waals surface area contributed by atoms with Crippen LogP contribution < -0.4 is 21.3 Å². The van der Waals surface area contributed by atoms with Crippen molar-refractivity contribution >= 4 is 35.0 Å². The normalized spacial score (nSPS) is 10.9. The molecule has 0 spiro atoms. The average Bonchev–Trinajstić information content (AvgIpc) is 2.86. The number of ether oxygens (including phenoxy) is 2. The molecule has 0 radical (unpaired) electrons. The van der Waals surface area contributed by atoms with Crippen LogP contribution in [0, 0.1) is 18.8 Å². The minimum atomic E-state index is -0.474. The van der Waals surface area contributed by atoms with Gasteiger partial charge in [0.1, 0.15) is 0 Å². The number of nitrogens with zero attached hydrogens (tertiary/aromatic N) is 1. The van der Waals surface area contributed by atoms with Gasteiger partial charge in [-0.2, -0.15) is 0 Å². The molecule has 9 nitrogen and oxygen atoms in total. The average molecular weight is 541 g/mol. The van der Waals surface area contributed by atoms with Gasteiger partial charge in [-0.3, -0.25) is 9.59 Å². The second-order valence-electron chi connectivity index (χ2n) is 10.5. The molecule has 2 aromatic rings. The predicted molar refractivity (Wildman–Crippen MR) is 156 cm³/mol. The van der Waals surface area contributed by atoms with Gasteiger partial charge in [0, 0.05) is 31.6 Å². The first-order valence-corrected chi connectivity index (χ1v) is 13.6. The van der Waals surface area contributed by atoms with E-state index < -0.39 is 18.7 Å². The zero-order chi connectivity index (χ0) is 28.8. The third-order valence-corrected chi connectivity index (χ3v) is 5.77. The minimum Gasteiger partial charge on any atom is -0.428 e. The van der Waals surface area contributed by atoms with Crippen LogP contribution in [0.2, 0.25) is 0 Å². The van der Waals surface area contributed by atoms with Crippen LogP contribution in [-0.4, -0.2) is 44.4 Å². The monoisotopic (exact) mass is 540 g/mol. The number of rotatable bonds is 15. The summed E-state index contributed by atoms with van der Waals surface area (Å²) in [7, 11) is 0. The third-order valence-electron chi connectivity index (χ3n) is 5.77. The summed E-state index contributed by atoms with van der Waals surface area (Å²) >= 11 is 0. The van der Waals surface area contributed by atoms with Crippen LogP contribution in [0.3, 0.4) is 0 Å². The van der Waals surface area contributed by atoms with Crippen molar-refractivity contribution in [2.75, 3.05) is 42.0 Å². The molecule has 0 bridgehead atoms. The van der Waals surface area contributed by atoms with E-state index in [1.165, 1.54) is 0 Å². The molecule has 0 atom stereocenters. The molecule has 0 aliphatic rings. The maximum Gasteiger partial charge on any atom is 0.323 e. The van der Waals surface area contributed by atoms with Crippen molar-refractivity contribution in [3.05, 3.63) is 53.6 Å². The van der Waals surface area contributed by atoms with Crippen LogP contribution in [0.25, 0.3) is 0 Å². The van der Waals surface area contributed by atoms with E-state index in [-0.39, 0.29) is 18.9 Å². The van der Waals surface area contributed by atoms with Gasteiger partial charge in [0.2, 0.25) is 6.79 Å². The van der Waals surface area contributed by atoms with Crippen molar-refractivity contribution in [3.8, 4) is 0 Å². The number of carbonyl (C=O) groups excluding carboxylic acids is 3. The van der Waals surface area contributed by atoms with Gasteiger partial charge in [0.15, 0.2) is 0 Å². The predicted octanol–water partition coefficient (Wildman–Crippen LogP) is 5.47. The Balaban J connectivity index is 2.13. The van der Waals surface area contributed by atoms with Crippen molar-refractivity contribution in [3.63, 3.8) is 0 Å². The van der Waals surface area contributed by atoms with E-state index in [0.717, 1.165) is 29.9 Å². The lowest BCUT2D eigenvalue weighted by Crippen LogP contribution is -2.32. The molecule has 0 aliphatic carbocycles. The summed E-state index contributed by atoms with van der Waals surface area (Å²) in [6.07, 6.45) is 1.23. The molecule has 0 heterocycles. The minimum absolute atomic E-state index is 0.108.